The zero-order valence-electron chi connectivity index (χ0n) is 12.5. The summed E-state index contributed by atoms with van der Waals surface area (Å²) in [5.74, 6) is -3.81. The van der Waals surface area contributed by atoms with Crippen molar-refractivity contribution >= 4 is 83.8 Å². The topological polar surface area (TPSA) is 0 Å². The average molecular weight is 612 g/mol. The third kappa shape index (κ3) is 2.60. The minimum absolute atomic E-state index is 0.503. The van der Waals surface area contributed by atoms with Crippen LogP contribution in [-0.2, 0) is 0 Å². The normalized spacial score (nSPS) is 11.7. The molecule has 0 aromatic heterocycles. The Morgan fingerprint density at radius 3 is 0.808 bits per heavy atom. The van der Waals surface area contributed by atoms with E-state index in [-0.39, 0.29) is 0 Å². The molecule has 0 saturated carbocycles. The number of fused-ring (bicyclic) bond motifs is 2. The Morgan fingerprint density at radius 1 is 0.423 bits per heavy atom. The predicted molar refractivity (Wildman–Crippen MR) is 94.9 cm³/mol. The van der Waals surface area contributed by atoms with Gasteiger partial charge in [-0.05, 0) is 0 Å². The first kappa shape index (κ1) is 18.8. The second kappa shape index (κ2) is 6.51. The van der Waals surface area contributed by atoms with Crippen molar-refractivity contribution in [3.05, 3.63) is 74.2 Å². The van der Waals surface area contributed by atoms with Gasteiger partial charge in [-0.3, -0.25) is 0 Å². The number of rotatable bonds is 0. The molecule has 2 aliphatic carbocycles. The molecule has 0 saturated heterocycles. The zero-order valence-corrected chi connectivity index (χ0v) is 19.3. The van der Waals surface area contributed by atoms with Crippen LogP contribution in [0.4, 0.5) is 17.6 Å². The van der Waals surface area contributed by atoms with Gasteiger partial charge in [0.25, 0.3) is 0 Å². The van der Waals surface area contributed by atoms with Gasteiger partial charge in [0, 0.05) is 0 Å². The molecule has 0 atom stereocenters. The molecule has 0 radical (unpaired) electrons. The van der Waals surface area contributed by atoms with Gasteiger partial charge in [0.05, 0.1) is 0 Å². The summed E-state index contributed by atoms with van der Waals surface area (Å²) in [5.41, 5.74) is 0. The van der Waals surface area contributed by atoms with Crippen molar-refractivity contribution < 1.29 is 17.6 Å². The van der Waals surface area contributed by atoms with Gasteiger partial charge in [-0.2, -0.15) is 0 Å². The molecule has 0 amide bonds. The number of hydrogen-bond donors (Lipinski definition) is 0. The fourth-order valence-corrected chi connectivity index (χ4v) is 6.83. The Kier molecular flexibility index (Phi) is 4.71. The standard InChI is InChI=1S/C18H4F4Se4/c19-9-1-5-6(2-10(9)20)16(24)14-13(15(5)23)17(25)7-3-11(21)12(22)4-8(7)18(14)26/h1-4H. The van der Waals surface area contributed by atoms with Crippen LogP contribution in [-0.4, -0.2) is 62.3 Å². The van der Waals surface area contributed by atoms with E-state index in [9.17, 15) is 17.6 Å². The van der Waals surface area contributed by atoms with E-state index in [0.29, 0.717) is 48.2 Å². The molecular weight excluding hydrogens is 608 g/mol. The Morgan fingerprint density at radius 2 is 0.615 bits per heavy atom. The molecule has 2 aromatic rings. The molecular formula is C18H4F4Se4. The van der Waals surface area contributed by atoms with E-state index in [1.165, 1.54) is 0 Å². The first-order chi connectivity index (χ1) is 12.2. The van der Waals surface area contributed by atoms with Crippen molar-refractivity contribution in [1.82, 2.24) is 0 Å². The van der Waals surface area contributed by atoms with Crippen molar-refractivity contribution in [2.24, 2.45) is 0 Å². The van der Waals surface area contributed by atoms with Crippen molar-refractivity contribution in [1.29, 1.82) is 0 Å². The maximum atomic E-state index is 13.8. The Bertz CT molecular complexity index is 1320. The molecule has 4 rings (SSSR count). The van der Waals surface area contributed by atoms with Gasteiger partial charge in [-0.25, -0.2) is 0 Å². The fraction of sp³-hybridized carbons (Fsp3) is 0. The third-order valence-corrected chi connectivity index (χ3v) is 7.82. The number of halogens is 4. The van der Waals surface area contributed by atoms with Gasteiger partial charge in [-0.15, -0.1) is 0 Å². The van der Waals surface area contributed by atoms with E-state index in [4.69, 9.17) is 0 Å². The fourth-order valence-electron chi connectivity index (χ4n) is 3.04. The summed E-state index contributed by atoms with van der Waals surface area (Å²) in [5, 5.41) is 3.41. The van der Waals surface area contributed by atoms with E-state index in [2.05, 4.69) is 62.3 Å². The van der Waals surface area contributed by atoms with Crippen LogP contribution in [0.5, 0.6) is 0 Å². The zero-order chi connectivity index (χ0) is 18.9. The van der Waals surface area contributed by atoms with E-state index in [1.54, 1.807) is 0 Å². The van der Waals surface area contributed by atoms with Crippen molar-refractivity contribution in [2.75, 3.05) is 0 Å². The quantitative estimate of drug-likeness (QED) is 0.212. The van der Waals surface area contributed by atoms with Gasteiger partial charge in [-0.1, -0.05) is 0 Å². The summed E-state index contributed by atoms with van der Waals surface area (Å²) in [6, 6.07) is 4.52. The monoisotopic (exact) mass is 616 g/mol. The molecule has 0 spiro atoms. The average Bonchev–Trinajstić information content (AvgIpc) is 2.59. The van der Waals surface area contributed by atoms with Crippen LogP contribution in [0.3, 0.4) is 0 Å². The Hall–Kier alpha value is -0.542. The summed E-state index contributed by atoms with van der Waals surface area (Å²) >= 11 is 11.7. The third-order valence-electron chi connectivity index (χ3n) is 4.26. The molecule has 26 heavy (non-hydrogen) atoms. The summed E-state index contributed by atoms with van der Waals surface area (Å²) in [6.07, 6.45) is 0. The van der Waals surface area contributed by atoms with E-state index < -0.39 is 23.3 Å². The van der Waals surface area contributed by atoms with Crippen molar-refractivity contribution in [3.8, 4) is 0 Å². The maximum absolute atomic E-state index is 13.8. The molecule has 128 valence electrons. The van der Waals surface area contributed by atoms with Crippen molar-refractivity contribution in [3.63, 3.8) is 0 Å². The van der Waals surface area contributed by atoms with Gasteiger partial charge < -0.3 is 0 Å². The summed E-state index contributed by atoms with van der Waals surface area (Å²) in [6.45, 7) is 0. The summed E-state index contributed by atoms with van der Waals surface area (Å²) in [4.78, 5) is 0. The van der Waals surface area contributed by atoms with Gasteiger partial charge in [0.15, 0.2) is 0 Å². The van der Waals surface area contributed by atoms with Gasteiger partial charge in [0.1, 0.15) is 0 Å². The van der Waals surface area contributed by atoms with Gasteiger partial charge >= 0.3 is 176 Å². The summed E-state index contributed by atoms with van der Waals surface area (Å²) < 4.78 is 57.6. The van der Waals surface area contributed by atoms with Gasteiger partial charge in [0.2, 0.25) is 0 Å². The van der Waals surface area contributed by atoms with Crippen LogP contribution < -0.4 is 0 Å². The van der Waals surface area contributed by atoms with E-state index in [0.717, 1.165) is 24.3 Å². The molecule has 0 nitrogen and oxygen atoms in total. The molecule has 8 heteroatoms. The van der Waals surface area contributed by atoms with Crippen LogP contribution >= 0.6 is 0 Å². The molecule has 0 unspecified atom stereocenters. The molecule has 2 aliphatic rings. The first-order valence-corrected chi connectivity index (χ1v) is 10.6. The predicted octanol–water partition coefficient (Wildman–Crippen LogP) is 2.95. The van der Waals surface area contributed by atoms with Crippen LogP contribution in [0, 0.1) is 50.0 Å². The van der Waals surface area contributed by atoms with Crippen molar-refractivity contribution in [2.45, 2.75) is 0 Å². The number of hydrogen-bond acceptors (Lipinski definition) is 0. The molecule has 0 bridgehead atoms. The first-order valence-electron chi connectivity index (χ1n) is 7.13. The Balaban J connectivity index is 2.52. The second-order valence-corrected chi connectivity index (χ2v) is 9.12. The molecule has 0 aliphatic heterocycles. The van der Waals surface area contributed by atoms with Crippen LogP contribution in [0.15, 0.2) is 24.3 Å². The SMILES string of the molecule is Fc1cc2c(=[Se])c3c(=[Se])c4cc(F)c(F)cc4c(=[Se])c=3c(=[Se])c2cc1F. The van der Waals surface area contributed by atoms with E-state index in [1.807, 2.05) is 0 Å². The number of benzene rings is 2. The molecule has 0 N–H and O–H groups in total. The van der Waals surface area contributed by atoms with E-state index >= 15 is 0 Å². The molecule has 2 aromatic carbocycles. The summed E-state index contributed by atoms with van der Waals surface area (Å²) in [7, 11) is 0. The molecule has 0 fully saturated rings. The van der Waals surface area contributed by atoms with Crippen LogP contribution in [0.1, 0.15) is 0 Å². The second-order valence-electron chi connectivity index (χ2n) is 5.69. The Labute approximate surface area is 174 Å². The minimum atomic E-state index is -0.952. The molecule has 0 heterocycles. The van der Waals surface area contributed by atoms with Crippen LogP contribution in [0.2, 0.25) is 0 Å². The van der Waals surface area contributed by atoms with Crippen LogP contribution in [0.25, 0.3) is 21.5 Å².